The number of amides is 2. The average Bonchev–Trinajstić information content (AvgIpc) is 2.65. The summed E-state index contributed by atoms with van der Waals surface area (Å²) >= 11 is 0. The molecule has 2 aromatic carbocycles. The summed E-state index contributed by atoms with van der Waals surface area (Å²) in [4.78, 5) is 34.5. The van der Waals surface area contributed by atoms with Crippen LogP contribution in [0.4, 0.5) is 5.69 Å². The molecule has 0 saturated heterocycles. The molecule has 136 valence electrons. The van der Waals surface area contributed by atoms with E-state index < -0.39 is 22.8 Å². The molecule has 0 bridgehead atoms. The number of rotatable bonds is 6. The highest BCUT2D eigenvalue weighted by molar-refractivity contribution is 5.96. The molecule has 0 aliphatic rings. The number of hydrogen-bond acceptors (Lipinski definition) is 5. The van der Waals surface area contributed by atoms with Gasteiger partial charge in [-0.05, 0) is 31.0 Å². The maximum absolute atomic E-state index is 12.2. The van der Waals surface area contributed by atoms with Crippen LogP contribution in [0, 0.1) is 17.0 Å². The highest BCUT2D eigenvalue weighted by atomic mass is 16.6. The monoisotopic (exact) mass is 357 g/mol. The topological polar surface area (TPSA) is 111 Å². The summed E-state index contributed by atoms with van der Waals surface area (Å²) in [5.41, 5.74) is 5.27. The number of carbonyl (C=O) groups is 2. The van der Waals surface area contributed by atoms with Crippen LogP contribution in [0.5, 0.6) is 5.75 Å². The quantitative estimate of drug-likeness (QED) is 0.610. The van der Waals surface area contributed by atoms with Crippen molar-refractivity contribution in [3.8, 4) is 5.75 Å². The normalized spacial score (nSPS) is 11.3. The molecule has 2 amide bonds. The lowest BCUT2D eigenvalue weighted by atomic mass is 10.2. The largest absolute Gasteiger partial charge is 0.480 e. The molecule has 1 unspecified atom stereocenters. The molecule has 0 radical (unpaired) electrons. The number of nitro benzene ring substituents is 1. The lowest BCUT2D eigenvalue weighted by Crippen LogP contribution is -2.48. The van der Waals surface area contributed by atoms with E-state index >= 15 is 0 Å². The van der Waals surface area contributed by atoms with Crippen molar-refractivity contribution in [1.82, 2.24) is 10.9 Å². The van der Waals surface area contributed by atoms with Gasteiger partial charge in [-0.15, -0.1) is 0 Å². The molecule has 2 N–H and O–H groups in total. The summed E-state index contributed by atoms with van der Waals surface area (Å²) in [5.74, 6) is -0.596. The van der Waals surface area contributed by atoms with E-state index in [4.69, 9.17) is 4.74 Å². The second-order valence-corrected chi connectivity index (χ2v) is 5.53. The molecule has 26 heavy (non-hydrogen) atoms. The Morgan fingerprint density at radius 3 is 2.54 bits per heavy atom. The van der Waals surface area contributed by atoms with Crippen molar-refractivity contribution in [2.24, 2.45) is 0 Å². The van der Waals surface area contributed by atoms with Crippen LogP contribution < -0.4 is 15.6 Å². The van der Waals surface area contributed by atoms with Crippen LogP contribution in [-0.4, -0.2) is 22.8 Å². The van der Waals surface area contributed by atoms with Crippen LogP contribution >= 0.6 is 0 Å². The number of aryl methyl sites for hydroxylation is 1. The highest BCUT2D eigenvalue weighted by Crippen LogP contribution is 2.18. The molecular weight excluding hydrogens is 338 g/mol. The van der Waals surface area contributed by atoms with Gasteiger partial charge in [-0.2, -0.15) is 0 Å². The average molecular weight is 357 g/mol. The molecule has 2 rings (SSSR count). The first-order chi connectivity index (χ1) is 12.4. The third-order valence-electron chi connectivity index (χ3n) is 3.64. The Balaban J connectivity index is 1.98. The van der Waals surface area contributed by atoms with Gasteiger partial charge in [0.25, 0.3) is 17.5 Å². The van der Waals surface area contributed by atoms with E-state index in [1.165, 1.54) is 18.2 Å². The maximum atomic E-state index is 12.2. The summed E-state index contributed by atoms with van der Waals surface area (Å²) in [6.45, 7) is 3.65. The highest BCUT2D eigenvalue weighted by Gasteiger charge is 2.20. The number of ether oxygens (including phenoxy) is 1. The summed E-state index contributed by atoms with van der Waals surface area (Å²) in [5, 5.41) is 10.8. The van der Waals surface area contributed by atoms with Gasteiger partial charge in [-0.25, -0.2) is 0 Å². The number of hydrazine groups is 1. The molecule has 2 aromatic rings. The number of para-hydroxylation sites is 1. The Morgan fingerprint density at radius 2 is 1.88 bits per heavy atom. The molecular formula is C18H19N3O5. The minimum atomic E-state index is -0.790. The number of carbonyl (C=O) groups excluding carboxylic acids is 2. The first kappa shape index (κ1) is 18.9. The summed E-state index contributed by atoms with van der Waals surface area (Å²) in [6, 6.07) is 12.5. The molecule has 0 fully saturated rings. The van der Waals surface area contributed by atoms with Crippen molar-refractivity contribution in [3.63, 3.8) is 0 Å². The standard InChI is InChI=1S/C18H19N3O5/c1-3-15(26-16-10-5-4-7-12(16)2)18(23)20-19-17(22)13-8-6-9-14(11-13)21(24)25/h4-11,15H,3H2,1-2H3,(H,19,22)(H,20,23). The first-order valence-corrected chi connectivity index (χ1v) is 7.99. The Labute approximate surface area is 150 Å². The number of hydrogen-bond donors (Lipinski definition) is 2. The molecule has 0 aromatic heterocycles. The Morgan fingerprint density at radius 1 is 1.15 bits per heavy atom. The summed E-state index contributed by atoms with van der Waals surface area (Å²) < 4.78 is 5.69. The van der Waals surface area contributed by atoms with Gasteiger partial charge in [0.2, 0.25) is 0 Å². The van der Waals surface area contributed by atoms with E-state index in [9.17, 15) is 19.7 Å². The molecule has 0 aliphatic carbocycles. The molecule has 8 heteroatoms. The van der Waals surface area contributed by atoms with E-state index in [1.54, 1.807) is 19.1 Å². The predicted molar refractivity (Wildman–Crippen MR) is 94.6 cm³/mol. The van der Waals surface area contributed by atoms with E-state index in [-0.39, 0.29) is 11.3 Å². The molecule has 0 aliphatic heterocycles. The zero-order chi connectivity index (χ0) is 19.1. The van der Waals surface area contributed by atoms with Crippen molar-refractivity contribution in [1.29, 1.82) is 0 Å². The van der Waals surface area contributed by atoms with Gasteiger partial charge >= 0.3 is 0 Å². The second kappa shape index (κ2) is 8.61. The van der Waals surface area contributed by atoms with Crippen molar-refractivity contribution in [2.75, 3.05) is 0 Å². The van der Waals surface area contributed by atoms with Crippen LogP contribution in [-0.2, 0) is 4.79 Å². The smallest absolute Gasteiger partial charge is 0.279 e. The number of nitrogens with zero attached hydrogens (tertiary/aromatic N) is 1. The van der Waals surface area contributed by atoms with Crippen molar-refractivity contribution in [2.45, 2.75) is 26.4 Å². The Hall–Kier alpha value is -3.42. The minimum Gasteiger partial charge on any atom is -0.480 e. The van der Waals surface area contributed by atoms with Crippen molar-refractivity contribution >= 4 is 17.5 Å². The van der Waals surface area contributed by atoms with Crippen molar-refractivity contribution < 1.29 is 19.2 Å². The zero-order valence-electron chi connectivity index (χ0n) is 14.4. The van der Waals surface area contributed by atoms with E-state index in [1.807, 2.05) is 19.1 Å². The lowest BCUT2D eigenvalue weighted by Gasteiger charge is -2.18. The molecule has 1 atom stereocenters. The number of nitrogens with one attached hydrogen (secondary N) is 2. The number of non-ortho nitro benzene ring substituents is 1. The van der Waals surface area contributed by atoms with Crippen LogP contribution in [0.15, 0.2) is 48.5 Å². The SMILES string of the molecule is CCC(Oc1ccccc1C)C(=O)NNC(=O)c1cccc([N+](=O)[O-])c1. The van der Waals surface area contributed by atoms with Crippen molar-refractivity contribution in [3.05, 3.63) is 69.8 Å². The van der Waals surface area contributed by atoms with Crippen LogP contribution in [0.2, 0.25) is 0 Å². The predicted octanol–water partition coefficient (Wildman–Crippen LogP) is 2.52. The fraction of sp³-hybridized carbons (Fsp3) is 0.222. The summed E-state index contributed by atoms with van der Waals surface area (Å²) in [6.07, 6.45) is -0.395. The van der Waals surface area contributed by atoms with Crippen LogP contribution in [0.3, 0.4) is 0 Å². The third-order valence-corrected chi connectivity index (χ3v) is 3.64. The first-order valence-electron chi connectivity index (χ1n) is 7.99. The van der Waals surface area contributed by atoms with Gasteiger partial charge in [-0.1, -0.05) is 31.2 Å². The number of nitro groups is 1. The second-order valence-electron chi connectivity index (χ2n) is 5.53. The maximum Gasteiger partial charge on any atom is 0.279 e. The molecule has 0 heterocycles. The van der Waals surface area contributed by atoms with Gasteiger partial charge in [-0.3, -0.25) is 30.6 Å². The van der Waals surface area contributed by atoms with Gasteiger partial charge in [0, 0.05) is 17.7 Å². The Kier molecular flexibility index (Phi) is 6.26. The molecule has 8 nitrogen and oxygen atoms in total. The van der Waals surface area contributed by atoms with Gasteiger partial charge < -0.3 is 4.74 Å². The fourth-order valence-corrected chi connectivity index (χ4v) is 2.20. The third kappa shape index (κ3) is 4.79. The lowest BCUT2D eigenvalue weighted by molar-refractivity contribution is -0.384. The Bertz CT molecular complexity index is 822. The van der Waals surface area contributed by atoms with Crippen LogP contribution in [0.25, 0.3) is 0 Å². The molecule has 0 saturated carbocycles. The minimum absolute atomic E-state index is 0.0624. The van der Waals surface area contributed by atoms with Gasteiger partial charge in [0.05, 0.1) is 4.92 Å². The van der Waals surface area contributed by atoms with E-state index in [0.29, 0.717) is 12.2 Å². The van der Waals surface area contributed by atoms with E-state index in [0.717, 1.165) is 11.6 Å². The van der Waals surface area contributed by atoms with Crippen LogP contribution in [0.1, 0.15) is 29.3 Å². The molecule has 0 spiro atoms. The zero-order valence-corrected chi connectivity index (χ0v) is 14.4. The fourth-order valence-electron chi connectivity index (χ4n) is 2.20. The number of benzene rings is 2. The van der Waals surface area contributed by atoms with Gasteiger partial charge in [0.15, 0.2) is 6.10 Å². The summed E-state index contributed by atoms with van der Waals surface area (Å²) in [7, 11) is 0. The van der Waals surface area contributed by atoms with E-state index in [2.05, 4.69) is 10.9 Å². The van der Waals surface area contributed by atoms with Gasteiger partial charge in [0.1, 0.15) is 5.75 Å².